The number of hydrogen-bond donors (Lipinski definition) is 2. The predicted molar refractivity (Wildman–Crippen MR) is 89.9 cm³/mol. The van der Waals surface area contributed by atoms with E-state index in [4.69, 9.17) is 9.47 Å². The van der Waals surface area contributed by atoms with E-state index in [1.807, 2.05) is 0 Å². The van der Waals surface area contributed by atoms with Gasteiger partial charge in [0.1, 0.15) is 22.5 Å². The average Bonchev–Trinajstić information content (AvgIpc) is 3.13. The Labute approximate surface area is 151 Å². The first-order chi connectivity index (χ1) is 12.2. The number of aliphatic hydroxyl groups is 2. The highest BCUT2D eigenvalue weighted by molar-refractivity contribution is 6.37. The second kappa shape index (κ2) is 6.20. The van der Waals surface area contributed by atoms with Crippen LogP contribution in [0.2, 0.25) is 0 Å². The molecule has 0 amide bonds. The van der Waals surface area contributed by atoms with E-state index < -0.39 is 35.5 Å². The molecule has 3 aliphatic rings. The first-order valence-electron chi connectivity index (χ1n) is 8.63. The van der Waals surface area contributed by atoms with Crippen LogP contribution in [0.25, 0.3) is 0 Å². The summed E-state index contributed by atoms with van der Waals surface area (Å²) in [5, 5.41) is 33.0. The molecular formula is C16H24N4O6. The van der Waals surface area contributed by atoms with Crippen LogP contribution in [0.15, 0.2) is 10.2 Å². The first-order valence-corrected chi connectivity index (χ1v) is 8.63. The van der Waals surface area contributed by atoms with Gasteiger partial charge in [0, 0.05) is 12.8 Å². The lowest BCUT2D eigenvalue weighted by molar-refractivity contribution is -0.256. The SMILES string of the molecule is CCOC(=O)C1=NN2[C@H](O)[C@]3(C)CC(C(=O)OCC)=NN3[C@H](O)[C@]2(C)C1. The van der Waals surface area contributed by atoms with Gasteiger partial charge in [-0.3, -0.25) is 10.0 Å². The summed E-state index contributed by atoms with van der Waals surface area (Å²) in [6, 6.07) is 0. The van der Waals surface area contributed by atoms with E-state index >= 15 is 0 Å². The van der Waals surface area contributed by atoms with Gasteiger partial charge in [-0.1, -0.05) is 0 Å². The molecule has 0 saturated carbocycles. The summed E-state index contributed by atoms with van der Waals surface area (Å²) in [5.74, 6) is -1.16. The van der Waals surface area contributed by atoms with E-state index in [0.717, 1.165) is 0 Å². The van der Waals surface area contributed by atoms with Crippen molar-refractivity contribution in [1.29, 1.82) is 0 Å². The number of hydrazone groups is 2. The van der Waals surface area contributed by atoms with Gasteiger partial charge >= 0.3 is 11.9 Å². The number of nitrogens with zero attached hydrogens (tertiary/aromatic N) is 4. The zero-order valence-corrected chi connectivity index (χ0v) is 15.3. The Kier molecular flexibility index (Phi) is 4.43. The van der Waals surface area contributed by atoms with Crippen LogP contribution >= 0.6 is 0 Å². The van der Waals surface area contributed by atoms with Crippen LogP contribution in [0.1, 0.15) is 40.5 Å². The van der Waals surface area contributed by atoms with Crippen LogP contribution in [0, 0.1) is 0 Å². The van der Waals surface area contributed by atoms with Crippen LogP contribution in [-0.2, 0) is 19.1 Å². The third-order valence-electron chi connectivity index (χ3n) is 5.15. The van der Waals surface area contributed by atoms with Crippen LogP contribution < -0.4 is 0 Å². The lowest BCUT2D eigenvalue weighted by atomic mass is 9.82. The third kappa shape index (κ3) is 2.47. The number of carbonyl (C=O) groups is 2. The second-order valence-electron chi connectivity index (χ2n) is 7.04. The fourth-order valence-corrected chi connectivity index (χ4v) is 3.67. The number of esters is 2. The van der Waals surface area contributed by atoms with Gasteiger partial charge in [0.15, 0.2) is 12.5 Å². The van der Waals surface area contributed by atoms with Crippen molar-refractivity contribution >= 4 is 23.4 Å². The molecule has 0 bridgehead atoms. The monoisotopic (exact) mass is 368 g/mol. The average molecular weight is 368 g/mol. The van der Waals surface area contributed by atoms with Crippen LogP contribution in [0.5, 0.6) is 0 Å². The molecule has 0 aliphatic carbocycles. The van der Waals surface area contributed by atoms with Crippen molar-refractivity contribution in [2.75, 3.05) is 13.2 Å². The van der Waals surface area contributed by atoms with Crippen molar-refractivity contribution in [2.24, 2.45) is 10.2 Å². The largest absolute Gasteiger partial charge is 0.461 e. The minimum absolute atomic E-state index is 0.0842. The van der Waals surface area contributed by atoms with Crippen LogP contribution in [-0.4, -0.2) is 80.3 Å². The van der Waals surface area contributed by atoms with E-state index in [1.165, 1.54) is 10.0 Å². The van der Waals surface area contributed by atoms with E-state index in [2.05, 4.69) is 10.2 Å². The van der Waals surface area contributed by atoms with Crippen LogP contribution in [0.3, 0.4) is 0 Å². The van der Waals surface area contributed by atoms with E-state index in [-0.39, 0.29) is 37.5 Å². The molecule has 0 aromatic heterocycles. The number of fused-ring (bicyclic) bond motifs is 2. The van der Waals surface area contributed by atoms with E-state index in [9.17, 15) is 19.8 Å². The zero-order valence-electron chi connectivity index (χ0n) is 15.3. The number of rotatable bonds is 4. The summed E-state index contributed by atoms with van der Waals surface area (Å²) < 4.78 is 9.96. The summed E-state index contributed by atoms with van der Waals surface area (Å²) in [4.78, 5) is 24.1. The summed E-state index contributed by atoms with van der Waals surface area (Å²) in [6.07, 6.45) is -2.22. The molecule has 3 rings (SSSR count). The highest BCUT2D eigenvalue weighted by atomic mass is 16.5. The van der Waals surface area contributed by atoms with Gasteiger partial charge in [-0.05, 0) is 27.7 Å². The van der Waals surface area contributed by atoms with Crippen molar-refractivity contribution in [3.05, 3.63) is 0 Å². The Hall–Kier alpha value is -2.20. The molecule has 0 aromatic carbocycles. The van der Waals surface area contributed by atoms with Gasteiger partial charge in [-0.2, -0.15) is 10.2 Å². The van der Waals surface area contributed by atoms with Gasteiger partial charge in [0.05, 0.1) is 13.2 Å². The van der Waals surface area contributed by atoms with Crippen molar-refractivity contribution < 1.29 is 29.3 Å². The first kappa shape index (κ1) is 18.6. The maximum absolute atomic E-state index is 12.0. The quantitative estimate of drug-likeness (QED) is 0.631. The molecule has 0 aromatic rings. The van der Waals surface area contributed by atoms with Gasteiger partial charge in [-0.15, -0.1) is 0 Å². The smallest absolute Gasteiger partial charge is 0.354 e. The predicted octanol–water partition coefficient (Wildman–Crippen LogP) is -0.596. The fraction of sp³-hybridized carbons (Fsp3) is 0.750. The highest BCUT2D eigenvalue weighted by Gasteiger charge is 2.64. The molecule has 1 fully saturated rings. The summed E-state index contributed by atoms with van der Waals surface area (Å²) in [7, 11) is 0. The Morgan fingerprint density at radius 2 is 1.31 bits per heavy atom. The molecule has 10 nitrogen and oxygen atoms in total. The Bertz CT molecular complexity index is 636. The Morgan fingerprint density at radius 1 is 0.962 bits per heavy atom. The maximum Gasteiger partial charge on any atom is 0.354 e. The van der Waals surface area contributed by atoms with E-state index in [0.29, 0.717) is 0 Å². The van der Waals surface area contributed by atoms with Gasteiger partial charge in [-0.25, -0.2) is 9.59 Å². The number of ether oxygens (including phenoxy) is 2. The minimum Gasteiger partial charge on any atom is -0.461 e. The van der Waals surface area contributed by atoms with Crippen molar-refractivity contribution in [3.8, 4) is 0 Å². The van der Waals surface area contributed by atoms with Gasteiger partial charge < -0.3 is 19.7 Å². The molecule has 3 heterocycles. The number of aliphatic hydroxyl groups excluding tert-OH is 2. The second-order valence-corrected chi connectivity index (χ2v) is 7.04. The molecule has 3 aliphatic heterocycles. The van der Waals surface area contributed by atoms with Crippen molar-refractivity contribution in [1.82, 2.24) is 10.0 Å². The molecule has 0 spiro atoms. The molecule has 2 N–H and O–H groups in total. The summed E-state index contributed by atoms with van der Waals surface area (Å²) >= 11 is 0. The normalized spacial score (nSPS) is 35.5. The minimum atomic E-state index is -1.20. The molecule has 144 valence electrons. The van der Waals surface area contributed by atoms with E-state index in [1.54, 1.807) is 27.7 Å². The lowest BCUT2D eigenvalue weighted by Gasteiger charge is -2.56. The Balaban J connectivity index is 1.93. The molecule has 1 saturated heterocycles. The number of hydrogen-bond acceptors (Lipinski definition) is 10. The number of carbonyl (C=O) groups excluding carboxylic acids is 2. The zero-order chi connectivity index (χ0) is 19.3. The fourth-order valence-electron chi connectivity index (χ4n) is 3.67. The maximum atomic E-state index is 12.0. The molecule has 0 radical (unpaired) electrons. The molecule has 0 unspecified atom stereocenters. The van der Waals surface area contributed by atoms with Crippen molar-refractivity contribution in [2.45, 2.75) is 64.1 Å². The summed E-state index contributed by atoms with van der Waals surface area (Å²) in [5.41, 5.74) is -1.91. The lowest BCUT2D eigenvalue weighted by Crippen LogP contribution is -2.73. The standard InChI is InChI=1S/C16H24N4O6/c1-5-25-11(21)9-7-15(3)13(23)20-16(4,14(24)19(15)17-9)8-10(18-20)12(22)26-6-2/h13-14,23-24H,5-8H2,1-4H3/t13-,14-,15+,16+/m1/s1. The van der Waals surface area contributed by atoms with Crippen LogP contribution in [0.4, 0.5) is 0 Å². The van der Waals surface area contributed by atoms with Gasteiger partial charge in [0.2, 0.25) is 0 Å². The molecule has 4 atom stereocenters. The number of piperazine rings is 1. The third-order valence-corrected chi connectivity index (χ3v) is 5.15. The summed E-state index contributed by atoms with van der Waals surface area (Å²) in [6.45, 7) is 7.14. The van der Waals surface area contributed by atoms with Crippen molar-refractivity contribution in [3.63, 3.8) is 0 Å². The molecule has 26 heavy (non-hydrogen) atoms. The Morgan fingerprint density at radius 3 is 1.62 bits per heavy atom. The molecule has 10 heteroatoms. The topological polar surface area (TPSA) is 124 Å². The van der Waals surface area contributed by atoms with Gasteiger partial charge in [0.25, 0.3) is 0 Å². The highest BCUT2D eigenvalue weighted by Crippen LogP contribution is 2.47. The molecular weight excluding hydrogens is 344 g/mol.